The molecule has 0 radical (unpaired) electrons. The Bertz CT molecular complexity index is 1350. The van der Waals surface area contributed by atoms with Gasteiger partial charge >= 0.3 is 0 Å². The first-order valence-electron chi connectivity index (χ1n) is 8.19. The number of nitro groups is 1. The fourth-order valence-corrected chi connectivity index (χ4v) is 3.82. The summed E-state index contributed by atoms with van der Waals surface area (Å²) in [6.45, 7) is 0. The zero-order valence-electron chi connectivity index (χ0n) is 14.3. The molecule has 0 unspecified atom stereocenters. The summed E-state index contributed by atoms with van der Waals surface area (Å²) in [5.41, 5.74) is -0.0207. The largest absolute Gasteiger partial charge is 0.456 e. The third kappa shape index (κ3) is 3.15. The summed E-state index contributed by atoms with van der Waals surface area (Å²) < 4.78 is 38.8. The zero-order valence-corrected chi connectivity index (χ0v) is 15.1. The van der Waals surface area contributed by atoms with Crippen LogP contribution in [0.15, 0.2) is 77.7 Å². The molecule has 0 aliphatic rings. The molecule has 7 nitrogen and oxygen atoms in total. The lowest BCUT2D eigenvalue weighted by Crippen LogP contribution is -1.99. The molecule has 0 aromatic heterocycles. The highest BCUT2D eigenvalue weighted by molar-refractivity contribution is 7.86. The van der Waals surface area contributed by atoms with Crippen LogP contribution in [0.1, 0.15) is 0 Å². The van der Waals surface area contributed by atoms with Crippen molar-refractivity contribution in [2.75, 3.05) is 0 Å². The fourth-order valence-electron chi connectivity index (χ4n) is 3.12. The van der Waals surface area contributed by atoms with Crippen molar-refractivity contribution in [3.8, 4) is 11.5 Å². The maximum atomic E-state index is 11.6. The molecule has 0 saturated carbocycles. The van der Waals surface area contributed by atoms with E-state index in [0.717, 1.165) is 0 Å². The zero-order chi connectivity index (χ0) is 19.9. The van der Waals surface area contributed by atoms with E-state index in [0.29, 0.717) is 33.0 Å². The van der Waals surface area contributed by atoms with Crippen molar-refractivity contribution in [1.29, 1.82) is 0 Å². The molecule has 8 heteroatoms. The van der Waals surface area contributed by atoms with Gasteiger partial charge < -0.3 is 4.74 Å². The monoisotopic (exact) mass is 395 g/mol. The van der Waals surface area contributed by atoms with Crippen molar-refractivity contribution < 1.29 is 22.6 Å². The van der Waals surface area contributed by atoms with Crippen LogP contribution in [0.3, 0.4) is 0 Å². The van der Waals surface area contributed by atoms with Gasteiger partial charge in [0.15, 0.2) is 0 Å². The molecule has 140 valence electrons. The Labute approximate surface area is 159 Å². The lowest BCUT2D eigenvalue weighted by molar-refractivity contribution is -0.384. The van der Waals surface area contributed by atoms with E-state index in [-0.39, 0.29) is 10.6 Å². The van der Waals surface area contributed by atoms with E-state index < -0.39 is 15.0 Å². The summed E-state index contributed by atoms with van der Waals surface area (Å²) in [5.74, 6) is 0.867. The molecule has 0 heterocycles. The molecule has 0 saturated heterocycles. The summed E-state index contributed by atoms with van der Waals surface area (Å²) in [6, 6.07) is 19.1. The van der Waals surface area contributed by atoms with E-state index in [1.807, 2.05) is 0 Å². The highest BCUT2D eigenvalue weighted by Gasteiger charge is 2.17. The van der Waals surface area contributed by atoms with Crippen molar-refractivity contribution in [2.45, 2.75) is 4.90 Å². The molecule has 0 fully saturated rings. The second-order valence-corrected chi connectivity index (χ2v) is 7.49. The van der Waals surface area contributed by atoms with E-state index in [4.69, 9.17) is 4.74 Å². The van der Waals surface area contributed by atoms with Gasteiger partial charge in [-0.1, -0.05) is 36.4 Å². The van der Waals surface area contributed by atoms with Gasteiger partial charge in [0.1, 0.15) is 16.4 Å². The highest BCUT2D eigenvalue weighted by atomic mass is 32.2. The van der Waals surface area contributed by atoms with Gasteiger partial charge in [-0.15, -0.1) is 0 Å². The number of hydrogen-bond acceptors (Lipinski definition) is 5. The molecule has 4 rings (SSSR count). The maximum Gasteiger partial charge on any atom is 0.295 e. The minimum absolute atomic E-state index is 0.0207. The molecule has 0 spiro atoms. The number of fused-ring (bicyclic) bond motifs is 2. The van der Waals surface area contributed by atoms with Gasteiger partial charge in [0.25, 0.3) is 15.8 Å². The summed E-state index contributed by atoms with van der Waals surface area (Å²) in [6.07, 6.45) is 0. The van der Waals surface area contributed by atoms with Crippen molar-refractivity contribution in [3.05, 3.63) is 82.9 Å². The Morgan fingerprint density at radius 1 is 0.821 bits per heavy atom. The van der Waals surface area contributed by atoms with Crippen molar-refractivity contribution in [2.24, 2.45) is 0 Å². The van der Waals surface area contributed by atoms with Crippen molar-refractivity contribution in [3.63, 3.8) is 0 Å². The summed E-state index contributed by atoms with van der Waals surface area (Å²) >= 11 is 0. The van der Waals surface area contributed by atoms with Crippen LogP contribution in [0.5, 0.6) is 11.5 Å². The predicted octanol–water partition coefficient (Wildman–Crippen LogP) is 4.94. The Morgan fingerprint density at radius 2 is 1.54 bits per heavy atom. The number of benzene rings is 4. The Hall–Kier alpha value is -3.49. The molecule has 0 amide bonds. The number of hydrogen-bond donors (Lipinski definition) is 1. The molecule has 4 aromatic rings. The van der Waals surface area contributed by atoms with Crippen LogP contribution in [-0.2, 0) is 10.1 Å². The minimum Gasteiger partial charge on any atom is -0.456 e. The number of non-ortho nitro benzene ring substituents is 1. The van der Waals surface area contributed by atoms with Gasteiger partial charge in [-0.05, 0) is 29.7 Å². The lowest BCUT2D eigenvalue weighted by atomic mass is 10.1. The van der Waals surface area contributed by atoms with Gasteiger partial charge in [0.2, 0.25) is 0 Å². The quantitative estimate of drug-likeness (QED) is 0.298. The van der Waals surface area contributed by atoms with Crippen LogP contribution in [0.2, 0.25) is 0 Å². The van der Waals surface area contributed by atoms with Crippen LogP contribution in [-0.4, -0.2) is 17.9 Å². The third-order valence-corrected chi connectivity index (χ3v) is 5.29. The summed E-state index contributed by atoms with van der Waals surface area (Å²) in [5, 5.41) is 13.1. The van der Waals surface area contributed by atoms with E-state index in [9.17, 15) is 23.1 Å². The Morgan fingerprint density at radius 3 is 2.25 bits per heavy atom. The van der Waals surface area contributed by atoms with E-state index >= 15 is 0 Å². The molecule has 0 atom stereocenters. The average Bonchev–Trinajstić information content (AvgIpc) is 2.67. The van der Waals surface area contributed by atoms with E-state index in [1.165, 1.54) is 24.3 Å². The van der Waals surface area contributed by atoms with Gasteiger partial charge in [-0.25, -0.2) is 0 Å². The first-order chi connectivity index (χ1) is 13.3. The molecule has 28 heavy (non-hydrogen) atoms. The molecule has 1 N–H and O–H groups in total. The van der Waals surface area contributed by atoms with E-state index in [2.05, 4.69) is 0 Å². The molecular formula is C20H13NO6S. The topological polar surface area (TPSA) is 107 Å². The smallest absolute Gasteiger partial charge is 0.295 e. The standard InChI is InChI=1S/C20H13NO6S/c22-21(23)14-8-9-15-13(12-14)4-3-7-18(15)27-19-10-11-20(28(24,25)26)17-6-2-1-5-16(17)19/h1-12H,(H,24,25,26). The fraction of sp³-hybridized carbons (Fsp3) is 0. The third-order valence-electron chi connectivity index (χ3n) is 4.38. The molecular weight excluding hydrogens is 382 g/mol. The number of nitro benzene ring substituents is 1. The second-order valence-electron chi connectivity index (χ2n) is 6.10. The van der Waals surface area contributed by atoms with Crippen LogP contribution in [0, 0.1) is 10.1 Å². The van der Waals surface area contributed by atoms with Crippen LogP contribution in [0.25, 0.3) is 21.5 Å². The van der Waals surface area contributed by atoms with Gasteiger partial charge in [-0.2, -0.15) is 8.42 Å². The summed E-state index contributed by atoms with van der Waals surface area (Å²) in [4.78, 5) is 10.3. The first kappa shape index (κ1) is 17.9. The first-order valence-corrected chi connectivity index (χ1v) is 9.63. The lowest BCUT2D eigenvalue weighted by Gasteiger charge is -2.13. The molecule has 4 aromatic carbocycles. The molecule has 0 bridgehead atoms. The predicted molar refractivity (Wildman–Crippen MR) is 104 cm³/mol. The van der Waals surface area contributed by atoms with Gasteiger partial charge in [0.05, 0.1) is 4.92 Å². The van der Waals surface area contributed by atoms with Crippen LogP contribution >= 0.6 is 0 Å². The number of rotatable bonds is 4. The van der Waals surface area contributed by atoms with Crippen LogP contribution < -0.4 is 4.74 Å². The SMILES string of the molecule is O=[N+]([O-])c1ccc2c(Oc3ccc(S(=O)(=O)O)c4ccccc34)cccc2c1. The molecule has 0 aliphatic carbocycles. The number of ether oxygens (including phenoxy) is 1. The second kappa shape index (κ2) is 6.59. The average molecular weight is 395 g/mol. The van der Waals surface area contributed by atoms with Crippen LogP contribution in [0.4, 0.5) is 5.69 Å². The van der Waals surface area contributed by atoms with E-state index in [1.54, 1.807) is 48.5 Å². The normalized spacial score (nSPS) is 11.6. The minimum atomic E-state index is -4.39. The number of nitrogens with zero attached hydrogens (tertiary/aromatic N) is 1. The van der Waals surface area contributed by atoms with Crippen molar-refractivity contribution >= 4 is 37.4 Å². The maximum absolute atomic E-state index is 11.6. The van der Waals surface area contributed by atoms with Gasteiger partial charge in [-0.3, -0.25) is 14.7 Å². The summed E-state index contributed by atoms with van der Waals surface area (Å²) in [7, 11) is -4.39. The van der Waals surface area contributed by atoms with Gasteiger partial charge in [0, 0.05) is 28.3 Å². The Balaban J connectivity index is 1.86. The Kier molecular flexibility index (Phi) is 4.21. The molecule has 0 aliphatic heterocycles. The van der Waals surface area contributed by atoms with Crippen molar-refractivity contribution in [1.82, 2.24) is 0 Å². The highest BCUT2D eigenvalue weighted by Crippen LogP contribution is 2.37.